The molecule has 0 bridgehead atoms. The molecule has 2 aliphatic carbocycles. The zero-order valence-electron chi connectivity index (χ0n) is 22.1. The molecule has 2 saturated carbocycles. The van der Waals surface area contributed by atoms with Gasteiger partial charge in [0.1, 0.15) is 18.3 Å². The standard InChI is InChI=1S/C26H27IO13S/c1-9-18(30)36-17-14(28)24-16-12(40-41(34,35)11-7-5-10(27)6-8-11)13(22(2,3)4)23(24)15(29)19(31)38-21(23)39-26(24,20(32)37-16)25(9,17)33/h5-9,12-17,21,28-29,33H,1-4H3/t9-,12-,13?,14?,15+,16?,17+,21?,23?,24?,25-,26+/m1/s1. The fourth-order valence-electron chi connectivity index (χ4n) is 9.13. The molecule has 2 spiro atoms. The van der Waals surface area contributed by atoms with Crippen LogP contribution in [0.15, 0.2) is 29.2 Å². The van der Waals surface area contributed by atoms with Gasteiger partial charge < -0.3 is 34.3 Å². The Morgan fingerprint density at radius 2 is 1.61 bits per heavy atom. The fourth-order valence-corrected chi connectivity index (χ4v) is 10.6. The van der Waals surface area contributed by atoms with Crippen molar-refractivity contribution in [3.05, 3.63) is 27.8 Å². The topological polar surface area (TPSA) is 192 Å². The Morgan fingerprint density at radius 3 is 2.22 bits per heavy atom. The fraction of sp³-hybridized carbons (Fsp3) is 0.654. The lowest BCUT2D eigenvalue weighted by Crippen LogP contribution is -2.67. The summed E-state index contributed by atoms with van der Waals surface area (Å²) < 4.78 is 56.8. The maximum Gasteiger partial charge on any atom is 0.343 e. The van der Waals surface area contributed by atoms with Gasteiger partial charge in [-0.05, 0) is 59.2 Å². The van der Waals surface area contributed by atoms with Crippen LogP contribution in [0.5, 0.6) is 0 Å². The highest BCUT2D eigenvalue weighted by Gasteiger charge is 3.05. The first-order valence-corrected chi connectivity index (χ1v) is 15.5. The Labute approximate surface area is 247 Å². The summed E-state index contributed by atoms with van der Waals surface area (Å²) in [6.45, 7) is 6.39. The van der Waals surface area contributed by atoms with Crippen LogP contribution in [0.1, 0.15) is 27.7 Å². The van der Waals surface area contributed by atoms with Crippen LogP contribution in [-0.2, 0) is 47.6 Å². The molecule has 4 heterocycles. The number of fused-ring (bicyclic) bond motifs is 1. The highest BCUT2D eigenvalue weighted by Crippen LogP contribution is 2.84. The van der Waals surface area contributed by atoms with Gasteiger partial charge in [0.05, 0.1) is 21.6 Å². The van der Waals surface area contributed by atoms with Gasteiger partial charge in [-0.1, -0.05) is 20.8 Å². The summed E-state index contributed by atoms with van der Waals surface area (Å²) in [5.41, 5.74) is -10.4. The molecule has 4 aliphatic heterocycles. The molecule has 41 heavy (non-hydrogen) atoms. The van der Waals surface area contributed by atoms with Gasteiger partial charge in [0.2, 0.25) is 11.9 Å². The number of hydrogen-bond donors (Lipinski definition) is 3. The lowest BCUT2D eigenvalue weighted by molar-refractivity contribution is -0.240. The molecule has 6 fully saturated rings. The molecule has 12 atom stereocenters. The molecular formula is C26H27IO13S. The van der Waals surface area contributed by atoms with Crippen molar-refractivity contribution in [2.24, 2.45) is 28.1 Å². The van der Waals surface area contributed by atoms with E-state index in [9.17, 15) is 38.1 Å². The maximum absolute atomic E-state index is 14.0. The lowest BCUT2D eigenvalue weighted by Gasteiger charge is -2.47. The van der Waals surface area contributed by atoms with E-state index >= 15 is 0 Å². The van der Waals surface area contributed by atoms with Crippen LogP contribution in [0.4, 0.5) is 0 Å². The predicted octanol–water partition coefficient (Wildman–Crippen LogP) is -0.381. The minimum absolute atomic E-state index is 0.203. The molecule has 0 aromatic heterocycles. The minimum atomic E-state index is -4.57. The molecule has 6 unspecified atom stereocenters. The third kappa shape index (κ3) is 2.64. The summed E-state index contributed by atoms with van der Waals surface area (Å²) in [7, 11) is -4.57. The van der Waals surface area contributed by atoms with Crippen molar-refractivity contribution in [3.8, 4) is 0 Å². The van der Waals surface area contributed by atoms with Crippen molar-refractivity contribution >= 4 is 50.6 Å². The predicted molar refractivity (Wildman–Crippen MR) is 139 cm³/mol. The molecule has 13 nitrogen and oxygen atoms in total. The van der Waals surface area contributed by atoms with Crippen molar-refractivity contribution in [3.63, 3.8) is 0 Å². The van der Waals surface area contributed by atoms with E-state index in [1.807, 2.05) is 22.6 Å². The van der Waals surface area contributed by atoms with Crippen molar-refractivity contribution in [1.29, 1.82) is 0 Å². The van der Waals surface area contributed by atoms with Crippen molar-refractivity contribution in [1.82, 2.24) is 0 Å². The number of rotatable bonds is 3. The zero-order valence-corrected chi connectivity index (χ0v) is 25.1. The summed E-state index contributed by atoms with van der Waals surface area (Å²) in [5.74, 6) is -5.87. The molecule has 4 saturated heterocycles. The van der Waals surface area contributed by atoms with Crippen LogP contribution in [0.3, 0.4) is 0 Å². The van der Waals surface area contributed by atoms with E-state index in [1.54, 1.807) is 32.9 Å². The second-order valence-electron chi connectivity index (χ2n) is 12.8. The normalized spacial score (nSPS) is 49.3. The molecule has 6 aliphatic rings. The average Bonchev–Trinajstić information content (AvgIpc) is 3.57. The van der Waals surface area contributed by atoms with Gasteiger partial charge in [0.25, 0.3) is 10.1 Å². The van der Waals surface area contributed by atoms with E-state index in [2.05, 4.69) is 0 Å². The number of aliphatic hydroxyl groups is 3. The first kappa shape index (κ1) is 27.9. The van der Waals surface area contributed by atoms with Crippen molar-refractivity contribution < 1.29 is 61.3 Å². The number of hydrogen-bond acceptors (Lipinski definition) is 13. The monoisotopic (exact) mass is 706 g/mol. The average molecular weight is 706 g/mol. The maximum atomic E-state index is 14.0. The summed E-state index contributed by atoms with van der Waals surface area (Å²) in [4.78, 5) is 39.5. The number of benzene rings is 1. The summed E-state index contributed by atoms with van der Waals surface area (Å²) >= 11 is 2.01. The zero-order chi connectivity index (χ0) is 29.9. The molecule has 222 valence electrons. The Balaban J connectivity index is 1.52. The molecule has 15 heteroatoms. The molecule has 3 N–H and O–H groups in total. The van der Waals surface area contributed by atoms with Crippen LogP contribution >= 0.6 is 22.6 Å². The molecular weight excluding hydrogens is 679 g/mol. The Kier molecular flexibility index (Phi) is 5.30. The highest BCUT2D eigenvalue weighted by atomic mass is 127. The first-order valence-electron chi connectivity index (χ1n) is 13.0. The van der Waals surface area contributed by atoms with Gasteiger partial charge in [0.15, 0.2) is 17.8 Å². The SMILES string of the molecule is C[C@@H]1C(=O)O[C@H]2C(O)C34C5OC(=O)[C@@]3(OC3OC(=O)[C@H](O)C34C(C(C)(C)C)[C@H]5OS(=O)(=O)c3ccc(I)cc3)[C@@]12O. The van der Waals surface area contributed by atoms with E-state index in [1.165, 1.54) is 19.1 Å². The number of halogens is 1. The van der Waals surface area contributed by atoms with E-state index in [0.717, 1.165) is 3.57 Å². The second-order valence-corrected chi connectivity index (χ2v) is 15.6. The largest absolute Gasteiger partial charge is 0.456 e. The number of carbonyl (C=O) groups is 3. The van der Waals surface area contributed by atoms with Crippen molar-refractivity contribution in [2.45, 2.75) is 80.6 Å². The molecule has 0 amide bonds. The molecule has 0 radical (unpaired) electrons. The van der Waals surface area contributed by atoms with Crippen LogP contribution < -0.4 is 0 Å². The van der Waals surface area contributed by atoms with E-state index in [0.29, 0.717) is 0 Å². The van der Waals surface area contributed by atoms with E-state index in [-0.39, 0.29) is 4.90 Å². The Hall–Kier alpha value is -1.89. The van der Waals surface area contributed by atoms with Crippen LogP contribution in [-0.4, -0.2) is 89.7 Å². The number of ether oxygens (including phenoxy) is 4. The molecule has 1 aromatic rings. The number of aliphatic hydroxyl groups excluding tert-OH is 2. The molecule has 7 rings (SSSR count). The smallest absolute Gasteiger partial charge is 0.343 e. The van der Waals surface area contributed by atoms with Gasteiger partial charge in [-0.25, -0.2) is 9.59 Å². The quantitative estimate of drug-likeness (QED) is 0.160. The number of carbonyl (C=O) groups excluding carboxylic acids is 3. The van der Waals surface area contributed by atoms with E-state index in [4.69, 9.17) is 23.1 Å². The third-order valence-corrected chi connectivity index (χ3v) is 12.3. The molecule has 1 aromatic carbocycles. The van der Waals surface area contributed by atoms with E-state index < -0.39 is 104 Å². The van der Waals surface area contributed by atoms with Crippen LogP contribution in [0.25, 0.3) is 0 Å². The minimum Gasteiger partial charge on any atom is -0.456 e. The van der Waals surface area contributed by atoms with Gasteiger partial charge in [-0.2, -0.15) is 8.42 Å². The van der Waals surface area contributed by atoms with Crippen molar-refractivity contribution in [2.75, 3.05) is 0 Å². The summed E-state index contributed by atoms with van der Waals surface area (Å²) in [5, 5.41) is 36.0. The summed E-state index contributed by atoms with van der Waals surface area (Å²) in [6, 6.07) is 5.79. The third-order valence-electron chi connectivity index (χ3n) is 10.3. The summed E-state index contributed by atoms with van der Waals surface area (Å²) in [6.07, 6.45) is -10.8. The van der Waals surface area contributed by atoms with Gasteiger partial charge in [-0.3, -0.25) is 8.98 Å². The van der Waals surface area contributed by atoms with Crippen LogP contribution in [0.2, 0.25) is 0 Å². The first-order chi connectivity index (χ1) is 19.0. The van der Waals surface area contributed by atoms with Gasteiger partial charge >= 0.3 is 17.9 Å². The lowest BCUT2D eigenvalue weighted by atomic mass is 9.51. The second kappa shape index (κ2) is 7.78. The number of esters is 3. The highest BCUT2D eigenvalue weighted by molar-refractivity contribution is 14.1. The Morgan fingerprint density at radius 1 is 0.976 bits per heavy atom. The van der Waals surface area contributed by atoms with Gasteiger partial charge in [-0.15, -0.1) is 0 Å². The Bertz CT molecular complexity index is 1520. The van der Waals surface area contributed by atoms with Gasteiger partial charge in [0, 0.05) is 9.49 Å². The van der Waals surface area contributed by atoms with Crippen LogP contribution in [0, 0.1) is 31.7 Å².